The second kappa shape index (κ2) is 12.2. The van der Waals surface area contributed by atoms with E-state index in [1.165, 1.54) is 51.4 Å². The van der Waals surface area contributed by atoms with Crippen molar-refractivity contribution in [3.63, 3.8) is 0 Å². The number of unbranched alkanes of at least 4 members (excludes halogenated alkanes) is 4. The van der Waals surface area contributed by atoms with Gasteiger partial charge in [0.05, 0.1) is 6.61 Å². The molecular weight excluding hydrogens is 236 g/mol. The molecular formula is C14H27ClO2. The predicted octanol–water partition coefficient (Wildman–Crippen LogP) is 4.55. The van der Waals surface area contributed by atoms with Crippen molar-refractivity contribution in [2.24, 2.45) is 5.92 Å². The zero-order valence-electron chi connectivity index (χ0n) is 11.3. The van der Waals surface area contributed by atoms with Crippen LogP contribution >= 0.6 is 11.6 Å². The van der Waals surface area contributed by atoms with E-state index in [1.807, 2.05) is 0 Å². The van der Waals surface area contributed by atoms with E-state index in [0.29, 0.717) is 12.5 Å². The molecule has 0 bridgehead atoms. The molecule has 0 radical (unpaired) electrons. The molecule has 0 unspecified atom stereocenters. The molecule has 0 aromatic heterocycles. The van der Waals surface area contributed by atoms with Crippen molar-refractivity contribution in [2.75, 3.05) is 12.5 Å². The van der Waals surface area contributed by atoms with E-state index in [1.54, 1.807) is 0 Å². The number of alkyl halides is 1. The quantitative estimate of drug-likeness (QED) is 0.310. The van der Waals surface area contributed by atoms with E-state index in [2.05, 4.69) is 13.8 Å². The normalized spacial score (nSPS) is 10.8. The van der Waals surface area contributed by atoms with Gasteiger partial charge in [0.2, 0.25) is 0 Å². The standard InChI is InChI=1S/C14H27ClO2/c1-3-5-7-9-13(10-8-6-4-2)12-17-14(16)11-15/h13H,3-12H2,1-2H3. The van der Waals surface area contributed by atoms with Crippen molar-refractivity contribution in [3.05, 3.63) is 0 Å². The van der Waals surface area contributed by atoms with Crippen LogP contribution < -0.4 is 0 Å². The molecule has 0 heterocycles. The SMILES string of the molecule is CCCCCC(CCCCC)COC(=O)CCl. The predicted molar refractivity (Wildman–Crippen MR) is 73.5 cm³/mol. The summed E-state index contributed by atoms with van der Waals surface area (Å²) in [7, 11) is 0. The lowest BCUT2D eigenvalue weighted by molar-refractivity contribution is -0.142. The minimum atomic E-state index is -0.289. The third-order valence-electron chi connectivity index (χ3n) is 3.02. The zero-order chi connectivity index (χ0) is 12.9. The molecule has 0 saturated carbocycles. The number of carbonyl (C=O) groups excluding carboxylic acids is 1. The highest BCUT2D eigenvalue weighted by molar-refractivity contribution is 6.26. The molecule has 3 heteroatoms. The molecule has 0 rings (SSSR count). The molecule has 0 atom stereocenters. The van der Waals surface area contributed by atoms with Crippen LogP contribution in [-0.2, 0) is 9.53 Å². The molecule has 17 heavy (non-hydrogen) atoms. The van der Waals surface area contributed by atoms with Crippen LogP contribution in [0.4, 0.5) is 0 Å². The first kappa shape index (κ1) is 16.8. The van der Waals surface area contributed by atoms with Crippen LogP contribution in [0.25, 0.3) is 0 Å². The zero-order valence-corrected chi connectivity index (χ0v) is 12.1. The Bertz CT molecular complexity index is 173. The Morgan fingerprint density at radius 3 is 2.00 bits per heavy atom. The Labute approximate surface area is 111 Å². The van der Waals surface area contributed by atoms with Crippen LogP contribution in [0.15, 0.2) is 0 Å². The van der Waals surface area contributed by atoms with Crippen LogP contribution in [0.2, 0.25) is 0 Å². The first-order chi connectivity index (χ1) is 8.24. The molecule has 0 fully saturated rings. The number of hydrogen-bond donors (Lipinski definition) is 0. The molecule has 0 aromatic carbocycles. The van der Waals surface area contributed by atoms with Gasteiger partial charge in [-0.3, -0.25) is 4.79 Å². The van der Waals surface area contributed by atoms with Crippen LogP contribution in [-0.4, -0.2) is 18.5 Å². The first-order valence-corrected chi connectivity index (χ1v) is 7.49. The monoisotopic (exact) mass is 262 g/mol. The smallest absolute Gasteiger partial charge is 0.320 e. The Hall–Kier alpha value is -0.240. The summed E-state index contributed by atoms with van der Waals surface area (Å²) in [6, 6.07) is 0. The first-order valence-electron chi connectivity index (χ1n) is 6.96. The van der Waals surface area contributed by atoms with Gasteiger partial charge in [-0.15, -0.1) is 11.6 Å². The second-order valence-corrected chi connectivity index (χ2v) is 4.94. The fourth-order valence-corrected chi connectivity index (χ4v) is 2.00. The Balaban J connectivity index is 3.79. The largest absolute Gasteiger partial charge is 0.465 e. The van der Waals surface area contributed by atoms with Crippen LogP contribution in [0.1, 0.15) is 65.2 Å². The lowest BCUT2D eigenvalue weighted by atomic mass is 9.96. The summed E-state index contributed by atoms with van der Waals surface area (Å²) in [6.07, 6.45) is 9.85. The lowest BCUT2D eigenvalue weighted by Crippen LogP contribution is -2.15. The lowest BCUT2D eigenvalue weighted by Gasteiger charge is -2.16. The molecule has 0 amide bonds. The van der Waals surface area contributed by atoms with Gasteiger partial charge in [-0.1, -0.05) is 52.4 Å². The van der Waals surface area contributed by atoms with Gasteiger partial charge in [-0.05, 0) is 18.8 Å². The highest BCUT2D eigenvalue weighted by Gasteiger charge is 2.11. The van der Waals surface area contributed by atoms with E-state index >= 15 is 0 Å². The molecule has 0 saturated heterocycles. The van der Waals surface area contributed by atoms with E-state index < -0.39 is 0 Å². The van der Waals surface area contributed by atoms with Gasteiger partial charge in [-0.25, -0.2) is 0 Å². The topological polar surface area (TPSA) is 26.3 Å². The molecule has 0 aliphatic carbocycles. The van der Waals surface area contributed by atoms with Gasteiger partial charge in [-0.2, -0.15) is 0 Å². The van der Waals surface area contributed by atoms with Crippen LogP contribution in [0, 0.1) is 5.92 Å². The summed E-state index contributed by atoms with van der Waals surface area (Å²) in [6.45, 7) is 4.97. The minimum absolute atomic E-state index is 0.0311. The van der Waals surface area contributed by atoms with E-state index in [-0.39, 0.29) is 11.8 Å². The number of ether oxygens (including phenoxy) is 1. The molecule has 0 aliphatic rings. The molecule has 0 N–H and O–H groups in total. The minimum Gasteiger partial charge on any atom is -0.465 e. The highest BCUT2D eigenvalue weighted by Crippen LogP contribution is 2.18. The van der Waals surface area contributed by atoms with Crippen molar-refractivity contribution in [1.82, 2.24) is 0 Å². The maximum Gasteiger partial charge on any atom is 0.320 e. The van der Waals surface area contributed by atoms with Gasteiger partial charge in [0.1, 0.15) is 5.88 Å². The summed E-state index contributed by atoms with van der Waals surface area (Å²) >= 11 is 5.41. The number of carbonyl (C=O) groups is 1. The maximum atomic E-state index is 11.0. The third kappa shape index (κ3) is 10.6. The fourth-order valence-electron chi connectivity index (χ4n) is 1.93. The van der Waals surface area contributed by atoms with Crippen molar-refractivity contribution in [1.29, 1.82) is 0 Å². The van der Waals surface area contributed by atoms with Crippen molar-refractivity contribution in [3.8, 4) is 0 Å². The summed E-state index contributed by atoms with van der Waals surface area (Å²) in [5, 5.41) is 0. The number of halogens is 1. The average molecular weight is 263 g/mol. The average Bonchev–Trinajstić information content (AvgIpc) is 2.35. The summed E-state index contributed by atoms with van der Waals surface area (Å²) in [5.41, 5.74) is 0. The Kier molecular flexibility index (Phi) is 12.1. The van der Waals surface area contributed by atoms with Crippen molar-refractivity contribution in [2.45, 2.75) is 65.2 Å². The second-order valence-electron chi connectivity index (χ2n) is 4.67. The van der Waals surface area contributed by atoms with Gasteiger partial charge in [0.15, 0.2) is 0 Å². The molecule has 102 valence electrons. The van der Waals surface area contributed by atoms with Gasteiger partial charge in [0.25, 0.3) is 0 Å². The Morgan fingerprint density at radius 1 is 1.06 bits per heavy atom. The third-order valence-corrected chi connectivity index (χ3v) is 3.24. The summed E-state index contributed by atoms with van der Waals surface area (Å²) in [5.74, 6) is 0.208. The van der Waals surface area contributed by atoms with Gasteiger partial charge < -0.3 is 4.74 Å². The Morgan fingerprint density at radius 2 is 1.59 bits per heavy atom. The van der Waals surface area contributed by atoms with Crippen molar-refractivity contribution < 1.29 is 9.53 Å². The number of hydrogen-bond acceptors (Lipinski definition) is 2. The van der Waals surface area contributed by atoms with Crippen molar-refractivity contribution >= 4 is 17.6 Å². The maximum absolute atomic E-state index is 11.0. The molecule has 0 spiro atoms. The molecule has 0 aromatic rings. The van der Waals surface area contributed by atoms with Crippen LogP contribution in [0.3, 0.4) is 0 Å². The highest BCUT2D eigenvalue weighted by atomic mass is 35.5. The fraction of sp³-hybridized carbons (Fsp3) is 0.929. The van der Waals surface area contributed by atoms with Gasteiger partial charge >= 0.3 is 5.97 Å². The number of rotatable bonds is 11. The number of esters is 1. The molecule has 0 aliphatic heterocycles. The van der Waals surface area contributed by atoms with E-state index in [4.69, 9.17) is 16.3 Å². The van der Waals surface area contributed by atoms with E-state index in [9.17, 15) is 4.79 Å². The van der Waals surface area contributed by atoms with Crippen LogP contribution in [0.5, 0.6) is 0 Å². The summed E-state index contributed by atoms with van der Waals surface area (Å²) < 4.78 is 5.14. The summed E-state index contributed by atoms with van der Waals surface area (Å²) in [4.78, 5) is 11.0. The molecule has 2 nitrogen and oxygen atoms in total. The van der Waals surface area contributed by atoms with E-state index in [0.717, 1.165) is 0 Å². The van der Waals surface area contributed by atoms with Gasteiger partial charge in [0, 0.05) is 0 Å².